The van der Waals surface area contributed by atoms with Gasteiger partial charge < -0.3 is 10.1 Å². The van der Waals surface area contributed by atoms with Crippen LogP contribution >= 0.6 is 0 Å². The number of ether oxygens (including phenoxy) is 1. The largest absolute Gasteiger partial charge is 0.494 e. The smallest absolute Gasteiger partial charge is 0.182 e. The number of halogens is 2. The molecule has 0 spiro atoms. The summed E-state index contributed by atoms with van der Waals surface area (Å²) in [7, 11) is 0. The van der Waals surface area contributed by atoms with Crippen LogP contribution in [0.3, 0.4) is 0 Å². The Morgan fingerprint density at radius 1 is 1.02 bits per heavy atom. The van der Waals surface area contributed by atoms with Gasteiger partial charge in [0.15, 0.2) is 5.82 Å². The number of fused-ring (bicyclic) bond motifs is 2. The molecule has 0 atom stereocenters. The summed E-state index contributed by atoms with van der Waals surface area (Å²) in [5, 5.41) is 8.95. The number of nitrogens with one attached hydrogen (secondary N) is 1. The van der Waals surface area contributed by atoms with E-state index in [1.165, 1.54) is 12.1 Å². The number of aryl methyl sites for hydroxylation is 1. The van der Waals surface area contributed by atoms with Crippen molar-refractivity contribution in [2.75, 3.05) is 11.9 Å². The molecule has 8 nitrogen and oxygen atoms in total. The normalized spacial score (nSPS) is 13.9. The van der Waals surface area contributed by atoms with Crippen LogP contribution in [0.15, 0.2) is 48.7 Å². The minimum atomic E-state index is -0.688. The van der Waals surface area contributed by atoms with Crippen molar-refractivity contribution in [3.8, 4) is 17.3 Å². The van der Waals surface area contributed by atoms with E-state index in [2.05, 4.69) is 29.1 Å². The summed E-state index contributed by atoms with van der Waals surface area (Å²) in [4.78, 5) is 18.5. The maximum Gasteiger partial charge on any atom is 0.182 e. The first kappa shape index (κ1) is 25.8. The minimum Gasteiger partial charge on any atom is -0.494 e. The Morgan fingerprint density at radius 2 is 1.80 bits per heavy atom. The highest BCUT2D eigenvalue weighted by Gasteiger charge is 2.33. The van der Waals surface area contributed by atoms with Crippen LogP contribution in [0.5, 0.6) is 5.75 Å². The zero-order chi connectivity index (χ0) is 28.0. The topological polar surface area (TPSA) is 90.6 Å². The summed E-state index contributed by atoms with van der Waals surface area (Å²) in [5.41, 5.74) is 3.18. The van der Waals surface area contributed by atoms with Crippen LogP contribution < -0.4 is 10.1 Å². The Bertz CT molecular complexity index is 1730. The van der Waals surface area contributed by atoms with Gasteiger partial charge in [-0.25, -0.2) is 28.7 Å². The molecule has 0 saturated heterocycles. The monoisotopic (exact) mass is 541 g/mol. The van der Waals surface area contributed by atoms with Crippen LogP contribution in [0.2, 0.25) is 0 Å². The lowest BCUT2D eigenvalue weighted by Crippen LogP contribution is -2.10. The van der Waals surface area contributed by atoms with Crippen molar-refractivity contribution in [3.63, 3.8) is 0 Å². The van der Waals surface area contributed by atoms with Gasteiger partial charge in [-0.2, -0.15) is 5.10 Å². The molecule has 1 aliphatic carbocycles. The molecule has 0 bridgehead atoms. The van der Waals surface area contributed by atoms with E-state index in [0.29, 0.717) is 35.6 Å². The van der Waals surface area contributed by atoms with Crippen molar-refractivity contribution >= 4 is 22.5 Å². The van der Waals surface area contributed by atoms with Crippen LogP contribution in [0.25, 0.3) is 22.4 Å². The Labute approximate surface area is 230 Å². The summed E-state index contributed by atoms with van der Waals surface area (Å²) in [5.74, 6) is 1.17. The number of aromatic nitrogens is 6. The number of anilines is 2. The first-order chi connectivity index (χ1) is 19.2. The number of nitrogens with zero attached hydrogens (tertiary/aromatic N) is 6. The molecule has 204 valence electrons. The lowest BCUT2D eigenvalue weighted by molar-refractivity contribution is 0.335. The lowest BCUT2D eigenvalue weighted by Gasteiger charge is -2.15. The first-order valence-electron chi connectivity index (χ1n) is 13.2. The lowest BCUT2D eigenvalue weighted by atomic mass is 9.90. The van der Waals surface area contributed by atoms with Gasteiger partial charge in [-0.3, -0.25) is 4.68 Å². The standard InChI is InChI=1S/C30H29F2N7O/c1-5-40-18-12-22(31)21(23(32)13-18)16-39-25-9-7-6-8-19(25)27(38-39)29-35-24-15-30(3,4)14-20(24)28(37-29)36-26-10-11-33-17(2)34-26/h6-13H,5,14-16H2,1-4H3,(H,33,34,35,36,37). The SMILES string of the molecule is CCOc1cc(F)c(Cn2nc(-c3nc4c(c(Nc5ccnc(C)n5)n3)CC(C)(C)C4)c3ccccc32)c(F)c1. The summed E-state index contributed by atoms with van der Waals surface area (Å²) < 4.78 is 36.8. The molecule has 0 saturated carbocycles. The molecule has 3 aromatic heterocycles. The number of hydrogen-bond acceptors (Lipinski definition) is 7. The van der Waals surface area contributed by atoms with E-state index in [1.807, 2.05) is 31.2 Å². The molecule has 10 heteroatoms. The molecule has 0 amide bonds. The van der Waals surface area contributed by atoms with Crippen LogP contribution in [-0.2, 0) is 19.4 Å². The Kier molecular flexibility index (Phi) is 6.40. The minimum absolute atomic E-state index is 0.0256. The van der Waals surface area contributed by atoms with Gasteiger partial charge in [0.1, 0.15) is 40.5 Å². The summed E-state index contributed by atoms with van der Waals surface area (Å²) in [6.45, 7) is 8.22. The van der Waals surface area contributed by atoms with Crippen LogP contribution in [0.1, 0.15) is 43.4 Å². The van der Waals surface area contributed by atoms with Crippen molar-refractivity contribution in [1.29, 1.82) is 0 Å². The van der Waals surface area contributed by atoms with Crippen molar-refractivity contribution < 1.29 is 13.5 Å². The predicted octanol–water partition coefficient (Wildman–Crippen LogP) is 6.19. The zero-order valence-corrected chi connectivity index (χ0v) is 22.8. The molecule has 6 rings (SSSR count). The number of hydrogen-bond donors (Lipinski definition) is 1. The second-order valence-electron chi connectivity index (χ2n) is 10.8. The molecule has 40 heavy (non-hydrogen) atoms. The van der Waals surface area contributed by atoms with Crippen LogP contribution in [0.4, 0.5) is 20.4 Å². The van der Waals surface area contributed by atoms with Crippen molar-refractivity contribution in [2.45, 2.75) is 47.1 Å². The third kappa shape index (κ3) is 4.85. The van der Waals surface area contributed by atoms with E-state index >= 15 is 0 Å². The second kappa shape index (κ2) is 9.93. The van der Waals surface area contributed by atoms with E-state index in [-0.39, 0.29) is 23.3 Å². The Hall–Kier alpha value is -4.47. The molecule has 0 aliphatic heterocycles. The average Bonchev–Trinajstić information content (AvgIpc) is 3.42. The second-order valence-corrected chi connectivity index (χ2v) is 10.8. The van der Waals surface area contributed by atoms with Crippen molar-refractivity contribution in [2.24, 2.45) is 5.41 Å². The van der Waals surface area contributed by atoms with E-state index in [4.69, 9.17) is 19.8 Å². The molecular weight excluding hydrogens is 512 g/mol. The van der Waals surface area contributed by atoms with Crippen LogP contribution in [0, 0.1) is 24.0 Å². The van der Waals surface area contributed by atoms with Gasteiger partial charge in [0.25, 0.3) is 0 Å². The van der Waals surface area contributed by atoms with E-state index in [0.717, 1.165) is 35.0 Å². The van der Waals surface area contributed by atoms with Gasteiger partial charge in [-0.15, -0.1) is 0 Å². The van der Waals surface area contributed by atoms with Crippen molar-refractivity contribution in [3.05, 3.63) is 82.9 Å². The fraction of sp³-hybridized carbons (Fsp3) is 0.300. The number of benzene rings is 2. The average molecular weight is 542 g/mol. The van der Waals surface area contributed by atoms with Gasteiger partial charge in [-0.1, -0.05) is 32.0 Å². The molecular formula is C30H29F2N7O. The zero-order valence-electron chi connectivity index (χ0n) is 22.8. The quantitative estimate of drug-likeness (QED) is 0.263. The van der Waals surface area contributed by atoms with Gasteiger partial charge >= 0.3 is 0 Å². The number of rotatable bonds is 7. The van der Waals surface area contributed by atoms with E-state index in [9.17, 15) is 8.78 Å². The van der Waals surface area contributed by atoms with Gasteiger partial charge in [0.05, 0.1) is 24.4 Å². The Balaban J connectivity index is 1.45. The number of para-hydroxylation sites is 1. The molecule has 1 N–H and O–H groups in total. The first-order valence-corrected chi connectivity index (χ1v) is 13.2. The Morgan fingerprint density at radius 3 is 2.55 bits per heavy atom. The highest BCUT2D eigenvalue weighted by molar-refractivity contribution is 5.92. The maximum atomic E-state index is 15.0. The maximum absolute atomic E-state index is 15.0. The summed E-state index contributed by atoms with van der Waals surface area (Å²) in [6.07, 6.45) is 3.31. The molecule has 0 fully saturated rings. The van der Waals surface area contributed by atoms with Crippen molar-refractivity contribution in [1.82, 2.24) is 29.7 Å². The third-order valence-corrected chi connectivity index (χ3v) is 7.02. The predicted molar refractivity (Wildman–Crippen MR) is 149 cm³/mol. The summed E-state index contributed by atoms with van der Waals surface area (Å²) >= 11 is 0. The molecule has 3 heterocycles. The molecule has 0 unspecified atom stereocenters. The van der Waals surface area contributed by atoms with E-state index < -0.39 is 11.6 Å². The molecule has 5 aromatic rings. The van der Waals surface area contributed by atoms with Gasteiger partial charge in [-0.05, 0) is 44.2 Å². The van der Waals surface area contributed by atoms with Gasteiger partial charge in [0, 0.05) is 34.8 Å². The summed E-state index contributed by atoms with van der Waals surface area (Å²) in [6, 6.07) is 11.8. The fourth-order valence-electron chi connectivity index (χ4n) is 5.26. The highest BCUT2D eigenvalue weighted by Crippen LogP contribution is 2.40. The highest BCUT2D eigenvalue weighted by atomic mass is 19.1. The third-order valence-electron chi connectivity index (χ3n) is 7.02. The van der Waals surface area contributed by atoms with Gasteiger partial charge in [0.2, 0.25) is 0 Å². The van der Waals surface area contributed by atoms with E-state index in [1.54, 1.807) is 23.9 Å². The fourth-order valence-corrected chi connectivity index (χ4v) is 5.26. The molecule has 2 aromatic carbocycles. The molecule has 1 aliphatic rings. The van der Waals surface area contributed by atoms with Crippen LogP contribution in [-0.4, -0.2) is 36.3 Å². The molecule has 0 radical (unpaired) electrons.